The SMILES string of the molecule is CC(C)(C)OC(=O)N1C2=CC=CC23CCCC13. The summed E-state index contributed by atoms with van der Waals surface area (Å²) in [5.41, 5.74) is 0.909. The minimum Gasteiger partial charge on any atom is -0.443 e. The standard InChI is InChI=1S/C14H19NO2/c1-13(2,3)17-12(16)15-10-6-4-8-14(10)9-5-7-11(14)15/h4,6,8,11H,5,7,9H2,1-3H3. The first kappa shape index (κ1) is 10.9. The third-order valence-electron chi connectivity index (χ3n) is 3.95. The molecule has 1 amide bonds. The van der Waals surface area contributed by atoms with Crippen LogP contribution in [0, 0.1) is 5.41 Å². The number of hydrogen-bond donors (Lipinski definition) is 0. The molecule has 3 heteroatoms. The Morgan fingerprint density at radius 1 is 1.53 bits per heavy atom. The molecule has 0 aromatic carbocycles. The monoisotopic (exact) mass is 233 g/mol. The average Bonchev–Trinajstić information content (AvgIpc) is 2.69. The first-order chi connectivity index (χ1) is 7.94. The maximum atomic E-state index is 12.2. The van der Waals surface area contributed by atoms with Gasteiger partial charge in [0.25, 0.3) is 0 Å². The van der Waals surface area contributed by atoms with E-state index >= 15 is 0 Å². The molecule has 1 saturated carbocycles. The lowest BCUT2D eigenvalue weighted by atomic mass is 9.72. The van der Waals surface area contributed by atoms with Gasteiger partial charge < -0.3 is 4.74 Å². The van der Waals surface area contributed by atoms with Crippen LogP contribution in [0.25, 0.3) is 0 Å². The minimum atomic E-state index is -0.416. The molecule has 2 atom stereocenters. The molecule has 0 aromatic rings. The van der Waals surface area contributed by atoms with Crippen molar-refractivity contribution in [2.24, 2.45) is 5.41 Å². The zero-order valence-corrected chi connectivity index (χ0v) is 10.7. The van der Waals surface area contributed by atoms with Crippen LogP contribution in [0.1, 0.15) is 40.0 Å². The van der Waals surface area contributed by atoms with Crippen LogP contribution in [0.4, 0.5) is 4.79 Å². The normalized spacial score (nSPS) is 33.9. The van der Waals surface area contributed by atoms with Gasteiger partial charge in [-0.25, -0.2) is 4.79 Å². The molecule has 92 valence electrons. The highest BCUT2D eigenvalue weighted by Gasteiger charge is 2.61. The van der Waals surface area contributed by atoms with E-state index in [0.29, 0.717) is 6.04 Å². The molecule has 1 aliphatic heterocycles. The highest BCUT2D eigenvalue weighted by Crippen LogP contribution is 2.60. The fraction of sp³-hybridized carbons (Fsp3) is 0.643. The number of carbonyl (C=O) groups excluding carboxylic acids is 1. The van der Waals surface area contributed by atoms with E-state index in [9.17, 15) is 4.79 Å². The van der Waals surface area contributed by atoms with E-state index in [-0.39, 0.29) is 11.5 Å². The van der Waals surface area contributed by atoms with Crippen molar-refractivity contribution in [1.29, 1.82) is 0 Å². The lowest BCUT2D eigenvalue weighted by Gasteiger charge is -2.53. The van der Waals surface area contributed by atoms with E-state index in [0.717, 1.165) is 12.1 Å². The zero-order valence-electron chi connectivity index (χ0n) is 10.7. The van der Waals surface area contributed by atoms with Crippen LogP contribution in [0.3, 0.4) is 0 Å². The topological polar surface area (TPSA) is 29.5 Å². The Bertz CT molecular complexity index is 430. The van der Waals surface area contributed by atoms with Gasteiger partial charge in [-0.3, -0.25) is 4.90 Å². The highest BCUT2D eigenvalue weighted by atomic mass is 16.6. The molecule has 2 unspecified atom stereocenters. The van der Waals surface area contributed by atoms with Crippen molar-refractivity contribution in [3.63, 3.8) is 0 Å². The summed E-state index contributed by atoms with van der Waals surface area (Å²) in [7, 11) is 0. The lowest BCUT2D eigenvalue weighted by molar-refractivity contribution is -0.0120. The predicted molar refractivity (Wildman–Crippen MR) is 65.4 cm³/mol. The van der Waals surface area contributed by atoms with Crippen molar-refractivity contribution < 1.29 is 9.53 Å². The van der Waals surface area contributed by atoms with Crippen molar-refractivity contribution >= 4 is 6.09 Å². The van der Waals surface area contributed by atoms with Crippen molar-refractivity contribution in [1.82, 2.24) is 4.90 Å². The fourth-order valence-electron chi connectivity index (χ4n) is 3.36. The Morgan fingerprint density at radius 3 is 3.00 bits per heavy atom. The van der Waals surface area contributed by atoms with Crippen LogP contribution in [0.2, 0.25) is 0 Å². The first-order valence-corrected chi connectivity index (χ1v) is 6.36. The van der Waals surface area contributed by atoms with E-state index in [2.05, 4.69) is 18.2 Å². The third-order valence-corrected chi connectivity index (χ3v) is 3.95. The summed E-state index contributed by atoms with van der Waals surface area (Å²) in [5, 5.41) is 0. The first-order valence-electron chi connectivity index (χ1n) is 6.36. The van der Waals surface area contributed by atoms with Crippen molar-refractivity contribution in [2.45, 2.75) is 51.7 Å². The van der Waals surface area contributed by atoms with Gasteiger partial charge in [0, 0.05) is 5.70 Å². The zero-order chi connectivity index (χ0) is 12.3. The second-order valence-corrected chi connectivity index (χ2v) is 6.21. The maximum absolute atomic E-state index is 12.2. The molecule has 0 aromatic heterocycles. The maximum Gasteiger partial charge on any atom is 0.414 e. The molecular weight excluding hydrogens is 214 g/mol. The number of rotatable bonds is 0. The molecule has 0 bridgehead atoms. The summed E-state index contributed by atoms with van der Waals surface area (Å²) in [6.45, 7) is 5.73. The second-order valence-electron chi connectivity index (χ2n) is 6.21. The summed E-state index contributed by atoms with van der Waals surface area (Å²) in [5.74, 6) is 0. The van der Waals surface area contributed by atoms with Gasteiger partial charge in [0.2, 0.25) is 0 Å². The molecule has 3 rings (SSSR count). The average molecular weight is 233 g/mol. The molecule has 0 N–H and O–H groups in total. The second kappa shape index (κ2) is 3.15. The van der Waals surface area contributed by atoms with Crippen molar-refractivity contribution in [2.75, 3.05) is 0 Å². The van der Waals surface area contributed by atoms with E-state index in [4.69, 9.17) is 4.74 Å². The quantitative estimate of drug-likeness (QED) is 0.643. The molecule has 1 saturated heterocycles. The summed E-state index contributed by atoms with van der Waals surface area (Å²) < 4.78 is 5.47. The Morgan fingerprint density at radius 2 is 2.29 bits per heavy atom. The van der Waals surface area contributed by atoms with E-state index in [1.165, 1.54) is 12.8 Å². The van der Waals surface area contributed by atoms with Crippen LogP contribution in [0.5, 0.6) is 0 Å². The number of likely N-dealkylation sites (tertiary alicyclic amines) is 1. The van der Waals surface area contributed by atoms with Crippen LogP contribution in [-0.2, 0) is 4.74 Å². The molecule has 3 aliphatic rings. The van der Waals surface area contributed by atoms with E-state index < -0.39 is 5.60 Å². The number of ether oxygens (including phenoxy) is 1. The van der Waals surface area contributed by atoms with E-state index in [1.54, 1.807) is 0 Å². The summed E-state index contributed by atoms with van der Waals surface area (Å²) in [6.07, 6.45) is 9.70. The van der Waals surface area contributed by atoms with Crippen LogP contribution >= 0.6 is 0 Å². The Hall–Kier alpha value is -1.25. The largest absolute Gasteiger partial charge is 0.443 e. The van der Waals surface area contributed by atoms with Crippen LogP contribution in [-0.4, -0.2) is 22.6 Å². The number of carbonyl (C=O) groups is 1. The minimum absolute atomic E-state index is 0.177. The van der Waals surface area contributed by atoms with Crippen molar-refractivity contribution in [3.05, 3.63) is 23.9 Å². The van der Waals surface area contributed by atoms with Gasteiger partial charge in [-0.1, -0.05) is 12.2 Å². The third kappa shape index (κ3) is 1.38. The molecule has 2 fully saturated rings. The molecule has 1 spiro atoms. The van der Waals surface area contributed by atoms with Gasteiger partial charge in [-0.2, -0.15) is 0 Å². The summed E-state index contributed by atoms with van der Waals surface area (Å²) in [4.78, 5) is 14.0. The molecule has 1 heterocycles. The Labute approximate surface area is 102 Å². The van der Waals surface area contributed by atoms with Gasteiger partial charge in [-0.15, -0.1) is 0 Å². The summed E-state index contributed by atoms with van der Waals surface area (Å²) >= 11 is 0. The molecule has 3 nitrogen and oxygen atoms in total. The van der Waals surface area contributed by atoms with Crippen LogP contribution in [0.15, 0.2) is 23.9 Å². The number of hydrogen-bond acceptors (Lipinski definition) is 2. The highest BCUT2D eigenvalue weighted by molar-refractivity contribution is 5.75. The lowest BCUT2D eigenvalue weighted by Crippen LogP contribution is -2.60. The predicted octanol–water partition coefficient (Wildman–Crippen LogP) is 3.23. The molecule has 0 radical (unpaired) electrons. The van der Waals surface area contributed by atoms with Gasteiger partial charge in [-0.05, 0) is 46.1 Å². The number of allylic oxidation sites excluding steroid dienone is 2. The van der Waals surface area contributed by atoms with Gasteiger partial charge in [0.15, 0.2) is 0 Å². The number of amides is 1. The Kier molecular flexibility index (Phi) is 2.02. The molecular formula is C14H19NO2. The fourth-order valence-corrected chi connectivity index (χ4v) is 3.36. The van der Waals surface area contributed by atoms with Crippen LogP contribution < -0.4 is 0 Å². The molecule has 17 heavy (non-hydrogen) atoms. The van der Waals surface area contributed by atoms with Gasteiger partial charge in [0.1, 0.15) is 5.60 Å². The Balaban J connectivity index is 1.81. The molecule has 2 aliphatic carbocycles. The van der Waals surface area contributed by atoms with E-state index in [1.807, 2.05) is 25.7 Å². The van der Waals surface area contributed by atoms with Gasteiger partial charge >= 0.3 is 6.09 Å². The van der Waals surface area contributed by atoms with Crippen molar-refractivity contribution in [3.8, 4) is 0 Å². The smallest absolute Gasteiger partial charge is 0.414 e. The number of nitrogens with zero attached hydrogens (tertiary/aromatic N) is 1. The summed E-state index contributed by atoms with van der Waals surface area (Å²) in [6, 6.07) is 0.336. The van der Waals surface area contributed by atoms with Gasteiger partial charge in [0.05, 0.1) is 11.5 Å².